The number of rotatable bonds is 82. The minimum atomic E-state index is -1.21. The van der Waals surface area contributed by atoms with E-state index in [1.165, 1.54) is 140 Å². The van der Waals surface area contributed by atoms with Crippen LogP contribution in [0.4, 0.5) is 0 Å². The molecule has 0 rings (SSSR count). The summed E-state index contributed by atoms with van der Waals surface area (Å²) in [5.74, 6) is -2.53. The molecular weight excluding hydrogens is 1300 g/mol. The molecule has 27 heteroatoms. The standard InChI is InChI=1S/C72H138N4O22S/c1-3-5-7-9-11-13-15-17-19-21-23-25-27-31-69(81)97-35-29-30-64(98-70(82)32-28-26-24-22-20-18-16-14-12-10-8-6-4-2)62-99-63-65(73)71(83)76-66(61-77)72(84)74-34-37-86-39-41-88-43-45-90-47-49-92-51-53-94-55-57-96-59-58-95-56-54-93-52-50-91-48-46-89-44-42-87-40-38-85-36-33-67(78)75-60-68(79)80/h64-66,77H,3-63,73H2,1-2H3,(H,74,84)(H,75,78)(H,76,83)(H,79,80)/t64-,65+,66+/m1/s1. The number of carboxylic acid groups (broad SMARTS) is 1. The van der Waals surface area contributed by atoms with Crippen LogP contribution in [0, 0.1) is 0 Å². The third kappa shape index (κ3) is 74.1. The fourth-order valence-corrected chi connectivity index (χ4v) is 10.8. The number of ether oxygens (including phenoxy) is 14. The molecule has 0 aliphatic heterocycles. The fraction of sp³-hybridized carbons (Fsp3) is 0.917. The van der Waals surface area contributed by atoms with Crippen LogP contribution in [0.15, 0.2) is 0 Å². The molecule has 3 atom stereocenters. The van der Waals surface area contributed by atoms with Gasteiger partial charge in [0, 0.05) is 37.3 Å². The van der Waals surface area contributed by atoms with E-state index in [-0.39, 0.29) is 56.4 Å². The van der Waals surface area contributed by atoms with Crippen molar-refractivity contribution in [1.82, 2.24) is 16.0 Å². The van der Waals surface area contributed by atoms with Gasteiger partial charge in [0.2, 0.25) is 17.7 Å². The van der Waals surface area contributed by atoms with Gasteiger partial charge in [-0.05, 0) is 25.7 Å². The van der Waals surface area contributed by atoms with Crippen molar-refractivity contribution in [2.75, 3.05) is 196 Å². The van der Waals surface area contributed by atoms with Crippen molar-refractivity contribution in [2.45, 2.75) is 231 Å². The summed E-state index contributed by atoms with van der Waals surface area (Å²) in [7, 11) is 0. The summed E-state index contributed by atoms with van der Waals surface area (Å²) < 4.78 is 77.3. The lowest BCUT2D eigenvalue weighted by Crippen LogP contribution is -2.54. The van der Waals surface area contributed by atoms with Gasteiger partial charge < -0.3 is 98.2 Å². The molecule has 0 spiro atoms. The van der Waals surface area contributed by atoms with Crippen molar-refractivity contribution in [3.05, 3.63) is 0 Å². The highest BCUT2D eigenvalue weighted by Crippen LogP contribution is 2.18. The van der Waals surface area contributed by atoms with Crippen LogP contribution in [0.25, 0.3) is 0 Å². The van der Waals surface area contributed by atoms with E-state index in [0.717, 1.165) is 38.5 Å². The van der Waals surface area contributed by atoms with Crippen molar-refractivity contribution >= 4 is 47.4 Å². The van der Waals surface area contributed by atoms with E-state index in [4.69, 9.17) is 77.2 Å². The Balaban J connectivity index is 4.06. The second-order valence-electron chi connectivity index (χ2n) is 24.4. The Morgan fingerprint density at radius 1 is 0.374 bits per heavy atom. The number of esters is 2. The van der Waals surface area contributed by atoms with E-state index < -0.39 is 49.1 Å². The Morgan fingerprint density at radius 3 is 1.06 bits per heavy atom. The summed E-state index contributed by atoms with van der Waals surface area (Å²) in [6.45, 7) is 13.2. The molecule has 0 heterocycles. The lowest BCUT2D eigenvalue weighted by Gasteiger charge is -2.20. The van der Waals surface area contributed by atoms with Gasteiger partial charge in [-0.25, -0.2) is 0 Å². The van der Waals surface area contributed by atoms with E-state index in [1.807, 2.05) is 0 Å². The average molecular weight is 1440 g/mol. The number of aliphatic carboxylic acids is 1. The summed E-state index contributed by atoms with van der Waals surface area (Å²) in [6, 6.07) is -2.20. The van der Waals surface area contributed by atoms with Crippen molar-refractivity contribution < 1.29 is 105 Å². The normalized spacial score (nSPS) is 12.4. The van der Waals surface area contributed by atoms with Crippen molar-refractivity contribution in [2.24, 2.45) is 5.73 Å². The maximum atomic E-state index is 13.1. The number of nitrogens with two attached hydrogens (primary N) is 1. The quantitative estimate of drug-likeness (QED) is 0.0245. The van der Waals surface area contributed by atoms with Crippen LogP contribution >= 0.6 is 11.8 Å². The zero-order chi connectivity index (χ0) is 72.1. The van der Waals surface area contributed by atoms with Crippen molar-refractivity contribution in [1.29, 1.82) is 0 Å². The first kappa shape index (κ1) is 95.6. The van der Waals surface area contributed by atoms with E-state index >= 15 is 0 Å². The summed E-state index contributed by atoms with van der Waals surface area (Å²) in [5.41, 5.74) is 6.25. The van der Waals surface area contributed by atoms with Crippen LogP contribution in [0.5, 0.6) is 0 Å². The van der Waals surface area contributed by atoms with Gasteiger partial charge in [-0.1, -0.05) is 168 Å². The molecule has 0 aliphatic rings. The molecule has 0 aromatic heterocycles. The Bertz CT molecular complexity index is 1810. The van der Waals surface area contributed by atoms with Crippen LogP contribution in [0.2, 0.25) is 0 Å². The Kier molecular flexibility index (Phi) is 76.0. The third-order valence-corrected chi connectivity index (χ3v) is 16.7. The summed E-state index contributed by atoms with van der Waals surface area (Å²) in [5, 5.41) is 25.9. The largest absolute Gasteiger partial charge is 0.480 e. The molecule has 3 amide bonds. The number of aliphatic hydroxyl groups is 1. The lowest BCUT2D eigenvalue weighted by atomic mass is 10.0. The molecule has 7 N–H and O–H groups in total. The maximum absolute atomic E-state index is 13.1. The second kappa shape index (κ2) is 78.7. The Hall–Kier alpha value is -3.39. The number of carboxylic acids is 1. The molecule has 0 aliphatic carbocycles. The summed E-state index contributed by atoms with van der Waals surface area (Å²) in [4.78, 5) is 73.2. The topological polar surface area (TPSA) is 334 Å². The van der Waals surface area contributed by atoms with Crippen molar-refractivity contribution in [3.63, 3.8) is 0 Å². The maximum Gasteiger partial charge on any atom is 0.322 e. The molecule has 0 bridgehead atoms. The summed E-state index contributed by atoms with van der Waals surface area (Å²) in [6.07, 6.45) is 33.3. The van der Waals surface area contributed by atoms with Gasteiger partial charge in [0.05, 0.1) is 178 Å². The fourth-order valence-electron chi connectivity index (χ4n) is 9.76. The smallest absolute Gasteiger partial charge is 0.322 e. The van der Waals surface area contributed by atoms with Crippen molar-refractivity contribution in [3.8, 4) is 0 Å². The molecule has 584 valence electrons. The van der Waals surface area contributed by atoms with Gasteiger partial charge in [-0.2, -0.15) is 11.8 Å². The van der Waals surface area contributed by atoms with Crippen LogP contribution < -0.4 is 21.7 Å². The lowest BCUT2D eigenvalue weighted by molar-refractivity contribution is -0.149. The number of unbranched alkanes of at least 4 members (excludes halogenated alkanes) is 24. The number of thioether (sulfide) groups is 1. The predicted molar refractivity (Wildman–Crippen MR) is 383 cm³/mol. The predicted octanol–water partition coefficient (Wildman–Crippen LogP) is 8.63. The van der Waals surface area contributed by atoms with Gasteiger partial charge in [-0.3, -0.25) is 28.8 Å². The van der Waals surface area contributed by atoms with Crippen LogP contribution in [0.3, 0.4) is 0 Å². The first-order valence-electron chi connectivity index (χ1n) is 37.8. The molecule has 0 aromatic carbocycles. The number of carbonyl (C=O) groups is 6. The van der Waals surface area contributed by atoms with Crippen LogP contribution in [0.1, 0.15) is 213 Å². The first-order valence-corrected chi connectivity index (χ1v) is 39.0. The van der Waals surface area contributed by atoms with Gasteiger partial charge >= 0.3 is 17.9 Å². The third-order valence-electron chi connectivity index (χ3n) is 15.5. The van der Waals surface area contributed by atoms with E-state index in [9.17, 15) is 33.9 Å². The molecule has 0 fully saturated rings. The van der Waals surface area contributed by atoms with Gasteiger partial charge in [0.15, 0.2) is 0 Å². The van der Waals surface area contributed by atoms with Gasteiger partial charge in [0.25, 0.3) is 0 Å². The monoisotopic (exact) mass is 1440 g/mol. The summed E-state index contributed by atoms with van der Waals surface area (Å²) >= 11 is 1.37. The van der Waals surface area contributed by atoms with Gasteiger partial charge in [-0.15, -0.1) is 0 Å². The van der Waals surface area contributed by atoms with E-state index in [1.54, 1.807) is 0 Å². The molecule has 0 saturated carbocycles. The number of hydrogen-bond donors (Lipinski definition) is 6. The van der Waals surface area contributed by atoms with Crippen LogP contribution in [-0.2, 0) is 95.1 Å². The highest BCUT2D eigenvalue weighted by Gasteiger charge is 2.24. The highest BCUT2D eigenvalue weighted by molar-refractivity contribution is 7.99. The first-order chi connectivity index (χ1) is 48.5. The molecule has 26 nitrogen and oxygen atoms in total. The van der Waals surface area contributed by atoms with E-state index in [2.05, 4.69) is 29.8 Å². The number of amides is 3. The molecular formula is C72H138N4O22S. The second-order valence-corrected chi connectivity index (χ2v) is 25.5. The van der Waals surface area contributed by atoms with Crippen LogP contribution in [-0.4, -0.2) is 260 Å². The Morgan fingerprint density at radius 2 is 0.707 bits per heavy atom. The minimum absolute atomic E-state index is 0.0869. The highest BCUT2D eigenvalue weighted by atomic mass is 32.2. The minimum Gasteiger partial charge on any atom is -0.480 e. The molecule has 0 unspecified atom stereocenters. The Labute approximate surface area is 599 Å². The number of aliphatic hydroxyl groups excluding tert-OH is 1. The number of nitrogens with one attached hydrogen (secondary N) is 3. The zero-order valence-corrected chi connectivity index (χ0v) is 62.2. The number of hydrogen-bond acceptors (Lipinski definition) is 23. The van der Waals surface area contributed by atoms with E-state index in [0.29, 0.717) is 177 Å². The molecule has 0 radical (unpaired) electrons. The average Bonchev–Trinajstić information content (AvgIpc) is 1.14. The molecule has 0 saturated heterocycles. The number of carbonyl (C=O) groups excluding carboxylic acids is 5. The SMILES string of the molecule is CCCCCCCCCCCCCCCC(=O)OCCC[C@H](CSC[C@H](N)C(=O)N[C@@H](CO)C(=O)NCCOCCOCCOCCOCCOCCOCCOCCOCCOCCOCCOCCOCCC(=O)NCC(=O)O)OC(=O)CCCCCCCCCCCCCCC. The zero-order valence-electron chi connectivity index (χ0n) is 61.4. The van der Waals surface area contributed by atoms with Gasteiger partial charge in [0.1, 0.15) is 18.7 Å². The molecule has 99 heavy (non-hydrogen) atoms. The molecule has 0 aromatic rings.